The molecule has 2 aliphatic rings. The van der Waals surface area contributed by atoms with Crippen LogP contribution in [0.4, 0.5) is 14.5 Å². The van der Waals surface area contributed by atoms with Gasteiger partial charge in [0, 0.05) is 32.1 Å². The van der Waals surface area contributed by atoms with Gasteiger partial charge in [0.25, 0.3) is 11.5 Å². The number of anilines is 1. The van der Waals surface area contributed by atoms with E-state index in [2.05, 4.69) is 11.0 Å². The molecule has 35 heavy (non-hydrogen) atoms. The van der Waals surface area contributed by atoms with Crippen LogP contribution in [-0.2, 0) is 14.8 Å². The zero-order valence-electron chi connectivity index (χ0n) is 19.0. The third-order valence-electron chi connectivity index (χ3n) is 6.54. The van der Waals surface area contributed by atoms with Crippen molar-refractivity contribution in [3.63, 3.8) is 0 Å². The van der Waals surface area contributed by atoms with Gasteiger partial charge in [-0.25, -0.2) is 21.9 Å². The second-order valence-corrected chi connectivity index (χ2v) is 10.9. The number of sulfonamides is 1. The fourth-order valence-electron chi connectivity index (χ4n) is 4.40. The molecule has 0 bridgehead atoms. The van der Waals surface area contributed by atoms with Crippen molar-refractivity contribution >= 4 is 27.3 Å². The average molecular weight is 527 g/mol. The van der Waals surface area contributed by atoms with E-state index in [1.165, 1.54) is 39.3 Å². The summed E-state index contributed by atoms with van der Waals surface area (Å²) in [6.45, 7) is 0.142. The highest BCUT2D eigenvalue weighted by Gasteiger charge is 2.45. The molecule has 0 amide bonds. The van der Waals surface area contributed by atoms with Gasteiger partial charge < -0.3 is 9.64 Å². The first-order chi connectivity index (χ1) is 16.6. The Morgan fingerprint density at radius 2 is 1.91 bits per heavy atom. The average Bonchev–Trinajstić information content (AvgIpc) is 2.85. The van der Waals surface area contributed by atoms with E-state index in [0.29, 0.717) is 18.4 Å². The third kappa shape index (κ3) is 4.93. The molecule has 0 unspecified atom stereocenters. The number of hydrogen-bond donors (Lipinski definition) is 0. The van der Waals surface area contributed by atoms with Gasteiger partial charge in [0.2, 0.25) is 10.0 Å². The van der Waals surface area contributed by atoms with E-state index in [0.717, 1.165) is 0 Å². The van der Waals surface area contributed by atoms with Crippen LogP contribution < -0.4 is 10.5 Å². The molecule has 2 fully saturated rings. The number of halogens is 3. The topological polar surface area (TPSA) is 84.7 Å². The predicted octanol–water partition coefficient (Wildman–Crippen LogP) is 2.76. The van der Waals surface area contributed by atoms with Crippen LogP contribution in [0.5, 0.6) is 0 Å². The fourth-order valence-corrected chi connectivity index (χ4v) is 6.13. The SMILES string of the molecule is C#Cc1ccc(S(=O)(=O)N2CCC(n3ncc(N(C)[C@@H]4COCCC4(F)F)c(Cl)c3=O)CC2)cc1. The lowest BCUT2D eigenvalue weighted by Crippen LogP contribution is -2.53. The molecular weight excluding hydrogens is 502 g/mol. The molecule has 0 spiro atoms. The molecule has 12 heteroatoms. The van der Waals surface area contributed by atoms with Gasteiger partial charge in [-0.1, -0.05) is 17.5 Å². The highest BCUT2D eigenvalue weighted by atomic mass is 35.5. The van der Waals surface area contributed by atoms with Gasteiger partial charge in [-0.2, -0.15) is 9.40 Å². The van der Waals surface area contributed by atoms with Crippen molar-refractivity contribution in [3.8, 4) is 12.3 Å². The zero-order chi connectivity index (χ0) is 25.4. The number of nitrogens with zero attached hydrogens (tertiary/aromatic N) is 4. The second kappa shape index (κ2) is 9.85. The molecule has 4 rings (SSSR count). The van der Waals surface area contributed by atoms with E-state index in [-0.39, 0.29) is 48.0 Å². The van der Waals surface area contributed by atoms with Gasteiger partial charge in [0.1, 0.15) is 11.1 Å². The molecule has 2 saturated heterocycles. The van der Waals surface area contributed by atoms with E-state index < -0.39 is 34.0 Å². The van der Waals surface area contributed by atoms with Crippen molar-refractivity contribution in [3.05, 3.63) is 51.4 Å². The van der Waals surface area contributed by atoms with Crippen LogP contribution >= 0.6 is 11.6 Å². The number of hydrogen-bond acceptors (Lipinski definition) is 6. The standard InChI is InChI=1S/C23H25ClF2N4O4S/c1-3-16-4-6-18(7-5-16)35(32,33)29-11-8-17(9-12-29)30-22(31)21(24)19(14-27-30)28(2)20-15-34-13-10-23(20,25)26/h1,4-7,14,17,20H,8-13,15H2,2H3/t20-/m1/s1. The van der Waals surface area contributed by atoms with E-state index in [9.17, 15) is 22.0 Å². The Labute approximate surface area is 207 Å². The molecule has 1 aromatic heterocycles. The molecular formula is C23H25ClF2N4O4S. The first-order valence-corrected chi connectivity index (χ1v) is 12.9. The van der Waals surface area contributed by atoms with Crippen LogP contribution in [0.3, 0.4) is 0 Å². The number of aromatic nitrogens is 2. The van der Waals surface area contributed by atoms with Crippen LogP contribution in [0.15, 0.2) is 40.2 Å². The lowest BCUT2D eigenvalue weighted by Gasteiger charge is -2.38. The van der Waals surface area contributed by atoms with Gasteiger partial charge in [0.15, 0.2) is 0 Å². The predicted molar refractivity (Wildman–Crippen MR) is 127 cm³/mol. The van der Waals surface area contributed by atoms with E-state index in [1.54, 1.807) is 12.1 Å². The number of ether oxygens (including phenoxy) is 1. The number of benzene rings is 1. The fraction of sp³-hybridized carbons (Fsp3) is 0.478. The van der Waals surface area contributed by atoms with Crippen molar-refractivity contribution in [2.45, 2.75) is 42.2 Å². The van der Waals surface area contributed by atoms with Crippen LogP contribution in [0.25, 0.3) is 0 Å². The summed E-state index contributed by atoms with van der Waals surface area (Å²) in [5, 5.41) is 3.98. The Bertz CT molecular complexity index is 1290. The summed E-state index contributed by atoms with van der Waals surface area (Å²) in [5.41, 5.74) is 0.0690. The van der Waals surface area contributed by atoms with Gasteiger partial charge in [0.05, 0.1) is 36.0 Å². The van der Waals surface area contributed by atoms with Gasteiger partial charge in [-0.15, -0.1) is 6.42 Å². The van der Waals surface area contributed by atoms with E-state index in [4.69, 9.17) is 22.8 Å². The molecule has 2 aromatic rings. The Morgan fingerprint density at radius 1 is 1.26 bits per heavy atom. The highest BCUT2D eigenvalue weighted by Crippen LogP contribution is 2.34. The first-order valence-electron chi connectivity index (χ1n) is 11.1. The first kappa shape index (κ1) is 25.6. The number of terminal acetylenes is 1. The maximum atomic E-state index is 14.4. The number of likely N-dealkylation sites (N-methyl/N-ethyl adjacent to an activating group) is 1. The number of piperidine rings is 1. The maximum absolute atomic E-state index is 14.4. The summed E-state index contributed by atoms with van der Waals surface area (Å²) in [6, 6.07) is 4.43. The minimum absolute atomic E-state index is 0.0322. The molecule has 2 aliphatic heterocycles. The molecule has 3 heterocycles. The normalized spacial score (nSPS) is 21.4. The zero-order valence-corrected chi connectivity index (χ0v) is 20.6. The van der Waals surface area contributed by atoms with Crippen molar-refractivity contribution in [1.82, 2.24) is 14.1 Å². The van der Waals surface area contributed by atoms with Crippen LogP contribution in [0, 0.1) is 12.3 Å². The smallest absolute Gasteiger partial charge is 0.287 e. The van der Waals surface area contributed by atoms with Crippen LogP contribution in [0.1, 0.15) is 30.9 Å². The Balaban J connectivity index is 1.49. The number of alkyl halides is 2. The maximum Gasteiger partial charge on any atom is 0.287 e. The molecule has 188 valence electrons. The van der Waals surface area contributed by atoms with Gasteiger partial charge in [-0.05, 0) is 37.1 Å². The highest BCUT2D eigenvalue weighted by molar-refractivity contribution is 7.89. The summed E-state index contributed by atoms with van der Waals surface area (Å²) in [6.07, 6.45) is 6.89. The van der Waals surface area contributed by atoms with Crippen molar-refractivity contribution in [1.29, 1.82) is 0 Å². The number of rotatable bonds is 5. The largest absolute Gasteiger partial charge is 0.379 e. The summed E-state index contributed by atoms with van der Waals surface area (Å²) in [5.74, 6) is -0.548. The van der Waals surface area contributed by atoms with Crippen LogP contribution in [0.2, 0.25) is 5.02 Å². The Hall–Kier alpha value is -2.52. The minimum Gasteiger partial charge on any atom is -0.379 e. The molecule has 8 nitrogen and oxygen atoms in total. The summed E-state index contributed by atoms with van der Waals surface area (Å²) < 4.78 is 62.4. The Kier molecular flexibility index (Phi) is 7.20. The Morgan fingerprint density at radius 3 is 2.51 bits per heavy atom. The quantitative estimate of drug-likeness (QED) is 0.557. The monoisotopic (exact) mass is 526 g/mol. The second-order valence-electron chi connectivity index (χ2n) is 8.61. The van der Waals surface area contributed by atoms with E-state index in [1.807, 2.05) is 0 Å². The summed E-state index contributed by atoms with van der Waals surface area (Å²) in [7, 11) is -2.28. The third-order valence-corrected chi connectivity index (χ3v) is 8.81. The summed E-state index contributed by atoms with van der Waals surface area (Å²) in [4.78, 5) is 14.4. The lowest BCUT2D eigenvalue weighted by molar-refractivity contribution is -0.109. The molecule has 1 atom stereocenters. The molecule has 0 radical (unpaired) electrons. The van der Waals surface area contributed by atoms with Crippen LogP contribution in [-0.4, -0.2) is 67.8 Å². The summed E-state index contributed by atoms with van der Waals surface area (Å²) >= 11 is 6.31. The molecule has 0 aliphatic carbocycles. The molecule has 0 saturated carbocycles. The van der Waals surface area contributed by atoms with Gasteiger partial charge in [-0.3, -0.25) is 4.79 Å². The van der Waals surface area contributed by atoms with Gasteiger partial charge >= 0.3 is 0 Å². The molecule has 1 aromatic carbocycles. The van der Waals surface area contributed by atoms with E-state index >= 15 is 0 Å². The molecule has 0 N–H and O–H groups in total. The minimum atomic E-state index is -3.71. The lowest BCUT2D eigenvalue weighted by atomic mass is 10.0. The van der Waals surface area contributed by atoms with Crippen molar-refractivity contribution < 1.29 is 21.9 Å². The van der Waals surface area contributed by atoms with Crippen molar-refractivity contribution in [2.75, 3.05) is 38.3 Å². The van der Waals surface area contributed by atoms with Crippen molar-refractivity contribution in [2.24, 2.45) is 0 Å².